The minimum Gasteiger partial charge on any atom is -0.504 e. The van der Waals surface area contributed by atoms with Crippen molar-refractivity contribution >= 4 is 11.5 Å². The van der Waals surface area contributed by atoms with Crippen molar-refractivity contribution in [3.63, 3.8) is 0 Å². The number of nitrogens with zero attached hydrogens (tertiary/aromatic N) is 1. The highest BCUT2D eigenvalue weighted by atomic mass is 16.5. The van der Waals surface area contributed by atoms with Gasteiger partial charge in [-0.1, -0.05) is 6.08 Å². The molecule has 166 valence electrons. The molecule has 7 N–H and O–H groups in total. The summed E-state index contributed by atoms with van der Waals surface area (Å²) in [4.78, 5) is 13.2. The molecule has 1 aliphatic heterocycles. The van der Waals surface area contributed by atoms with Gasteiger partial charge in [-0.15, -0.1) is 0 Å². The zero-order valence-electron chi connectivity index (χ0n) is 16.8. The normalized spacial score (nSPS) is 14.7. The molecule has 1 heterocycles. The van der Waals surface area contributed by atoms with Gasteiger partial charge in [0.1, 0.15) is 12.4 Å². The van der Waals surface area contributed by atoms with Gasteiger partial charge in [0.15, 0.2) is 11.5 Å². The Bertz CT molecular complexity index is 1070. The zero-order chi connectivity index (χ0) is 23.1. The van der Waals surface area contributed by atoms with E-state index in [-0.39, 0.29) is 40.2 Å². The third kappa shape index (κ3) is 3.83. The smallest absolute Gasteiger partial charge is 0.369 e. The van der Waals surface area contributed by atoms with E-state index in [1.54, 1.807) is 6.08 Å². The van der Waals surface area contributed by atoms with E-state index in [1.165, 1.54) is 12.1 Å². The molecule has 0 saturated heterocycles. The molecule has 0 bridgehead atoms. The van der Waals surface area contributed by atoms with E-state index in [1.807, 2.05) is 19.0 Å². The summed E-state index contributed by atoms with van der Waals surface area (Å²) in [6.45, 7) is 0.298. The summed E-state index contributed by atoms with van der Waals surface area (Å²) >= 11 is 0. The minimum absolute atomic E-state index is 0.000789. The van der Waals surface area contributed by atoms with Crippen molar-refractivity contribution in [1.82, 2.24) is 4.90 Å². The molecular weight excluding hydrogens is 410 g/mol. The van der Waals surface area contributed by atoms with Crippen LogP contribution in [0.15, 0.2) is 24.3 Å². The fourth-order valence-corrected chi connectivity index (χ4v) is 3.35. The quantitative estimate of drug-likeness (QED) is 0.205. The summed E-state index contributed by atoms with van der Waals surface area (Å²) in [5.41, 5.74) is 0.0495. The van der Waals surface area contributed by atoms with E-state index < -0.39 is 34.8 Å². The Balaban J connectivity index is 2.31. The van der Waals surface area contributed by atoms with Gasteiger partial charge in [-0.2, -0.15) is 0 Å². The number of ether oxygens (including phenoxy) is 1. The van der Waals surface area contributed by atoms with Crippen molar-refractivity contribution in [3.05, 3.63) is 46.5 Å². The van der Waals surface area contributed by atoms with E-state index in [9.17, 15) is 35.4 Å². The maximum absolute atomic E-state index is 11.3. The number of aliphatic carboxylic acids is 1. The topological polar surface area (TPSA) is 171 Å². The summed E-state index contributed by atoms with van der Waals surface area (Å²) in [6, 6.07) is 3.67. The van der Waals surface area contributed by atoms with Crippen molar-refractivity contribution in [2.75, 3.05) is 20.6 Å². The molecule has 0 amide bonds. The second-order valence-electron chi connectivity index (χ2n) is 7.43. The molecule has 2 aromatic rings. The van der Waals surface area contributed by atoms with Crippen LogP contribution in [0.1, 0.15) is 28.7 Å². The zero-order valence-corrected chi connectivity index (χ0v) is 16.8. The first-order chi connectivity index (χ1) is 14.5. The van der Waals surface area contributed by atoms with Crippen LogP contribution in [0, 0.1) is 0 Å². The lowest BCUT2D eigenvalue weighted by molar-refractivity contribution is -0.208. The number of carboxylic acids is 1. The largest absolute Gasteiger partial charge is 0.504 e. The molecule has 31 heavy (non-hydrogen) atoms. The maximum atomic E-state index is 11.3. The SMILES string of the molecule is CN(C)CCC=C1c2cc(C(O)(O)C(=O)O)ccc2OCc2c(O)c(O)c(O)c(O)c21. The van der Waals surface area contributed by atoms with Crippen molar-refractivity contribution in [1.29, 1.82) is 0 Å². The van der Waals surface area contributed by atoms with E-state index in [0.29, 0.717) is 13.0 Å². The molecule has 1 aliphatic rings. The molecule has 0 unspecified atom stereocenters. The van der Waals surface area contributed by atoms with Gasteiger partial charge < -0.3 is 45.4 Å². The van der Waals surface area contributed by atoms with Crippen LogP contribution >= 0.6 is 0 Å². The van der Waals surface area contributed by atoms with Crippen LogP contribution in [0.3, 0.4) is 0 Å². The Morgan fingerprint density at radius 1 is 1.10 bits per heavy atom. The van der Waals surface area contributed by atoms with Gasteiger partial charge in [0, 0.05) is 28.8 Å². The predicted octanol–water partition coefficient (Wildman–Crippen LogP) is 1.01. The second-order valence-corrected chi connectivity index (χ2v) is 7.43. The van der Waals surface area contributed by atoms with Gasteiger partial charge >= 0.3 is 5.97 Å². The van der Waals surface area contributed by atoms with E-state index >= 15 is 0 Å². The number of aliphatic hydroxyl groups is 2. The number of rotatable bonds is 5. The lowest BCUT2D eigenvalue weighted by Crippen LogP contribution is -2.35. The summed E-state index contributed by atoms with van der Waals surface area (Å²) in [6.07, 6.45) is 2.11. The Morgan fingerprint density at radius 2 is 1.74 bits per heavy atom. The van der Waals surface area contributed by atoms with Crippen molar-refractivity contribution in [2.24, 2.45) is 0 Å². The fraction of sp³-hybridized carbons (Fsp3) is 0.286. The molecule has 0 atom stereocenters. The van der Waals surface area contributed by atoms with Gasteiger partial charge in [-0.25, -0.2) is 4.79 Å². The van der Waals surface area contributed by atoms with Gasteiger partial charge in [-0.05, 0) is 44.3 Å². The number of hydrogen-bond acceptors (Lipinski definition) is 9. The standard InChI is InChI=1S/C21H23NO9/c1-22(2)7-3-4-11-12-8-10(21(29,30)20(27)28)5-6-14(12)31-9-13-15(11)17(24)19(26)18(25)16(13)23/h4-6,8,23-26,29-30H,3,7,9H2,1-2H3,(H,27,28). The Hall–Kier alpha value is -3.47. The van der Waals surface area contributed by atoms with Crippen molar-refractivity contribution in [3.8, 4) is 28.7 Å². The molecule has 3 rings (SSSR count). The molecule has 10 nitrogen and oxygen atoms in total. The second kappa shape index (κ2) is 7.99. The van der Waals surface area contributed by atoms with Crippen molar-refractivity contribution < 1.29 is 45.3 Å². The average Bonchev–Trinajstić information content (AvgIpc) is 2.87. The van der Waals surface area contributed by atoms with Crippen LogP contribution in [0.5, 0.6) is 28.7 Å². The van der Waals surface area contributed by atoms with Crippen LogP contribution in [-0.4, -0.2) is 67.3 Å². The predicted molar refractivity (Wildman–Crippen MR) is 108 cm³/mol. The van der Waals surface area contributed by atoms with E-state index in [4.69, 9.17) is 9.84 Å². The monoisotopic (exact) mass is 433 g/mol. The van der Waals surface area contributed by atoms with Gasteiger partial charge in [0.25, 0.3) is 5.79 Å². The highest BCUT2D eigenvalue weighted by Crippen LogP contribution is 2.53. The molecule has 0 aromatic heterocycles. The number of carboxylic acid groups (broad SMARTS) is 1. The molecule has 0 radical (unpaired) electrons. The number of phenols is 4. The lowest BCUT2D eigenvalue weighted by Gasteiger charge is -2.20. The fourth-order valence-electron chi connectivity index (χ4n) is 3.35. The summed E-state index contributed by atoms with van der Waals surface area (Å²) < 4.78 is 5.67. The highest BCUT2D eigenvalue weighted by Gasteiger charge is 2.37. The number of hydrogen-bond donors (Lipinski definition) is 7. The molecule has 0 aliphatic carbocycles. The first-order valence-corrected chi connectivity index (χ1v) is 9.26. The van der Waals surface area contributed by atoms with Crippen LogP contribution in [0.25, 0.3) is 5.57 Å². The van der Waals surface area contributed by atoms with E-state index in [2.05, 4.69) is 0 Å². The highest BCUT2D eigenvalue weighted by molar-refractivity contribution is 5.91. The Morgan fingerprint density at radius 3 is 2.35 bits per heavy atom. The Labute approximate surface area is 177 Å². The first-order valence-electron chi connectivity index (χ1n) is 9.26. The first kappa shape index (κ1) is 22.2. The third-order valence-corrected chi connectivity index (χ3v) is 5.03. The molecular formula is C21H23NO9. The average molecular weight is 433 g/mol. The molecule has 2 aromatic carbocycles. The molecule has 10 heteroatoms. The van der Waals surface area contributed by atoms with Gasteiger partial charge in [0.2, 0.25) is 11.5 Å². The number of carbonyl (C=O) groups is 1. The number of aromatic hydroxyl groups is 4. The summed E-state index contributed by atoms with van der Waals surface area (Å²) in [5.74, 6) is -8.09. The molecule has 0 spiro atoms. The number of phenolic OH excluding ortho intramolecular Hbond substituents is 4. The van der Waals surface area contributed by atoms with Crippen LogP contribution in [0.4, 0.5) is 0 Å². The Kier molecular flexibility index (Phi) is 5.72. The number of fused-ring (bicyclic) bond motifs is 2. The third-order valence-electron chi connectivity index (χ3n) is 5.03. The number of benzene rings is 2. The van der Waals surface area contributed by atoms with Gasteiger partial charge in [-0.3, -0.25) is 0 Å². The minimum atomic E-state index is -3.18. The van der Waals surface area contributed by atoms with Crippen LogP contribution in [-0.2, 0) is 17.2 Å². The molecule has 0 saturated carbocycles. The summed E-state index contributed by atoms with van der Waals surface area (Å²) in [7, 11) is 3.70. The van der Waals surface area contributed by atoms with Crippen LogP contribution < -0.4 is 4.74 Å². The maximum Gasteiger partial charge on any atom is 0.369 e. The van der Waals surface area contributed by atoms with Crippen molar-refractivity contribution in [2.45, 2.75) is 18.8 Å². The van der Waals surface area contributed by atoms with E-state index in [0.717, 1.165) is 6.07 Å². The lowest BCUT2D eigenvalue weighted by atomic mass is 9.89. The van der Waals surface area contributed by atoms with Gasteiger partial charge in [0.05, 0.1) is 0 Å². The molecule has 0 fully saturated rings. The van der Waals surface area contributed by atoms with Crippen LogP contribution in [0.2, 0.25) is 0 Å². The summed E-state index contributed by atoms with van der Waals surface area (Å²) in [5, 5.41) is 70.0.